The van der Waals surface area contributed by atoms with Crippen molar-refractivity contribution >= 4 is 0 Å². The average molecular weight is 405 g/mol. The van der Waals surface area contributed by atoms with Crippen molar-refractivity contribution in [3.63, 3.8) is 0 Å². The van der Waals surface area contributed by atoms with Gasteiger partial charge in [-0.05, 0) is 0 Å². The first-order valence-corrected chi connectivity index (χ1v) is 6.68. The van der Waals surface area contributed by atoms with Gasteiger partial charge in [-0.15, -0.1) is 0 Å². The zero-order valence-corrected chi connectivity index (χ0v) is 9.41. The van der Waals surface area contributed by atoms with Gasteiger partial charge in [-0.2, -0.15) is 0 Å². The van der Waals surface area contributed by atoms with Crippen molar-refractivity contribution in [3.05, 3.63) is 0 Å². The van der Waals surface area contributed by atoms with Gasteiger partial charge >= 0.3 is 53.4 Å². The molecule has 0 atom stereocenters. The number of hydrogen-bond donors (Lipinski definition) is 0. The second-order valence-electron chi connectivity index (χ2n) is 0.269. The minimum atomic E-state index is -1.93. The Bertz CT molecular complexity index is 34.2. The molecule has 5 heteroatoms. The molecule has 0 amide bonds. The summed E-state index contributed by atoms with van der Waals surface area (Å²) in [5.41, 5.74) is 0. The molecule has 0 N–H and O–H groups in total. The molecule has 0 aromatic carbocycles. The number of rotatable bonds is 2. The van der Waals surface area contributed by atoms with Crippen molar-refractivity contribution in [1.29, 1.82) is 0 Å². The van der Waals surface area contributed by atoms with Crippen molar-refractivity contribution < 1.29 is 53.4 Å². The maximum absolute atomic E-state index is 9.35. The van der Waals surface area contributed by atoms with Gasteiger partial charge in [0.05, 0.1) is 0 Å². The van der Waals surface area contributed by atoms with Crippen molar-refractivity contribution in [2.24, 2.45) is 0 Å². The first kappa shape index (κ1) is 6.30. The van der Waals surface area contributed by atoms with E-state index < -0.39 is 46.7 Å². The third-order valence-corrected chi connectivity index (χ3v) is 5.58. The summed E-state index contributed by atoms with van der Waals surface area (Å²) in [7, 11) is 0. The Morgan fingerprint density at radius 3 is 1.60 bits per heavy atom. The van der Waals surface area contributed by atoms with E-state index in [0.29, 0.717) is 0 Å². The molecule has 0 aliphatic carbocycles. The predicted octanol–water partition coefficient (Wildman–Crippen LogP) is -0.311. The molecular formula is Hf2O3. The van der Waals surface area contributed by atoms with Crippen LogP contribution in [-0.4, -0.2) is 0 Å². The molecule has 0 aromatic rings. The molecular weight excluding hydrogens is 405 g/mol. The van der Waals surface area contributed by atoms with E-state index in [9.17, 15) is 5.71 Å². The molecule has 0 fully saturated rings. The molecule has 0 spiro atoms. The van der Waals surface area contributed by atoms with E-state index in [1.54, 1.807) is 0 Å². The number of hydrogen-bond acceptors (Lipinski definition) is 3. The van der Waals surface area contributed by atoms with Gasteiger partial charge < -0.3 is 0 Å². The molecule has 3 nitrogen and oxygen atoms in total. The van der Waals surface area contributed by atoms with Crippen molar-refractivity contribution in [3.8, 4) is 0 Å². The molecule has 0 unspecified atom stereocenters. The second-order valence-corrected chi connectivity index (χ2v) is 8.20. The minimum absolute atomic E-state index is 1.93. The van der Waals surface area contributed by atoms with Crippen LogP contribution in [0.3, 0.4) is 0 Å². The van der Waals surface area contributed by atoms with E-state index in [1.165, 1.54) is 0 Å². The van der Waals surface area contributed by atoms with Crippen LogP contribution in [0.15, 0.2) is 0 Å². The molecule has 0 radical (unpaired) electrons. The van der Waals surface area contributed by atoms with E-state index in [-0.39, 0.29) is 0 Å². The van der Waals surface area contributed by atoms with Gasteiger partial charge in [0.1, 0.15) is 0 Å². The predicted molar refractivity (Wildman–Crippen MR) is 2.46 cm³/mol. The molecule has 0 aliphatic rings. The Hall–Kier alpha value is 1.30. The Morgan fingerprint density at radius 2 is 1.60 bits per heavy atom. The van der Waals surface area contributed by atoms with Crippen LogP contribution in [0.4, 0.5) is 0 Å². The van der Waals surface area contributed by atoms with Crippen molar-refractivity contribution in [2.45, 2.75) is 0 Å². The summed E-state index contributed by atoms with van der Waals surface area (Å²) in [6.45, 7) is 0. The van der Waals surface area contributed by atoms with E-state index in [1.807, 2.05) is 0 Å². The topological polar surface area (TPSA) is 43.4 Å². The summed E-state index contributed by atoms with van der Waals surface area (Å²) in [6.07, 6.45) is 0. The summed E-state index contributed by atoms with van der Waals surface area (Å²) in [6, 6.07) is 0. The van der Waals surface area contributed by atoms with Crippen LogP contribution in [0.5, 0.6) is 0 Å². The summed E-state index contributed by atoms with van der Waals surface area (Å²) < 4.78 is 22.8. The van der Waals surface area contributed by atoms with Crippen LogP contribution in [0.25, 0.3) is 0 Å². The van der Waals surface area contributed by atoms with Crippen LogP contribution in [0.1, 0.15) is 0 Å². The molecule has 0 rings (SSSR count). The zero-order chi connectivity index (χ0) is 4.12. The Morgan fingerprint density at radius 1 is 1.20 bits per heavy atom. The Labute approximate surface area is 52.9 Å². The van der Waals surface area contributed by atoms with Crippen molar-refractivity contribution in [1.82, 2.24) is 0 Å². The molecule has 0 bridgehead atoms. The van der Waals surface area contributed by atoms with E-state index >= 15 is 0 Å². The molecule has 0 aliphatic heterocycles. The normalized spacial score (nSPS) is 4.80. The summed E-state index contributed by atoms with van der Waals surface area (Å²) in [5, 5.41) is 0. The Balaban J connectivity index is 2.65. The van der Waals surface area contributed by atoms with Gasteiger partial charge in [-0.3, -0.25) is 0 Å². The maximum atomic E-state index is 9.35. The standard InChI is InChI=1S/2Hf.3O. The van der Waals surface area contributed by atoms with Gasteiger partial charge in [0.2, 0.25) is 0 Å². The van der Waals surface area contributed by atoms with Gasteiger partial charge in [0.15, 0.2) is 0 Å². The molecule has 0 heterocycles. The first-order valence-electron chi connectivity index (χ1n) is 0.816. The van der Waals surface area contributed by atoms with Crippen LogP contribution in [0.2, 0.25) is 0 Å². The van der Waals surface area contributed by atoms with Gasteiger partial charge in [0.25, 0.3) is 0 Å². The monoisotopic (exact) mass is 408 g/mol. The van der Waals surface area contributed by atoms with Gasteiger partial charge in [-0.25, -0.2) is 0 Å². The fourth-order valence-electron chi connectivity index (χ4n) is 0.0170. The third kappa shape index (κ3) is 5.30. The second kappa shape index (κ2) is 5.30. The molecule has 5 heavy (non-hydrogen) atoms. The van der Waals surface area contributed by atoms with Crippen LogP contribution >= 0.6 is 0 Å². The molecule has 0 aromatic heterocycles. The van der Waals surface area contributed by atoms with E-state index in [0.717, 1.165) is 0 Å². The fourth-order valence-corrected chi connectivity index (χ4v) is 1.14. The van der Waals surface area contributed by atoms with Gasteiger partial charge in [-0.1, -0.05) is 0 Å². The zero-order valence-electron chi connectivity index (χ0n) is 2.22. The third-order valence-electron chi connectivity index (χ3n) is 0.0833. The van der Waals surface area contributed by atoms with E-state index in [4.69, 9.17) is 0 Å². The Kier molecular flexibility index (Phi) is 6.68. The first-order chi connectivity index (χ1) is 2.41. The van der Waals surface area contributed by atoms with Gasteiger partial charge in [0, 0.05) is 0 Å². The SMILES string of the molecule is [O]=[Hf][O][Hf]=[O]. The quantitative estimate of drug-likeness (QED) is 0.593. The average Bonchev–Trinajstić information content (AvgIpc) is 1.41. The molecule has 26 valence electrons. The summed E-state index contributed by atoms with van der Waals surface area (Å²) in [4.78, 5) is 0. The fraction of sp³-hybridized carbons (Fsp3) is 0. The molecule has 0 saturated carbocycles. The molecule has 0 saturated heterocycles. The summed E-state index contributed by atoms with van der Waals surface area (Å²) >= 11 is -3.87. The summed E-state index contributed by atoms with van der Waals surface area (Å²) in [5.74, 6) is 0. The van der Waals surface area contributed by atoms with Crippen molar-refractivity contribution in [2.75, 3.05) is 0 Å². The van der Waals surface area contributed by atoms with Crippen LogP contribution < -0.4 is 0 Å². The van der Waals surface area contributed by atoms with Crippen LogP contribution in [0, 0.1) is 0 Å². The van der Waals surface area contributed by atoms with E-state index in [2.05, 4.69) is 0.972 Å². The van der Waals surface area contributed by atoms with Crippen LogP contribution in [-0.2, 0) is 53.4 Å².